The molecule has 0 spiro atoms. The summed E-state index contributed by atoms with van der Waals surface area (Å²) >= 11 is 0. The number of benzene rings is 2. The first kappa shape index (κ1) is 11.9. The Morgan fingerprint density at radius 1 is 0.889 bits per heavy atom. The van der Waals surface area contributed by atoms with Gasteiger partial charge < -0.3 is 4.74 Å². The first-order valence-electron chi connectivity index (χ1n) is 6.63. The van der Waals surface area contributed by atoms with Crippen LogP contribution in [-0.4, -0.2) is 18.6 Å². The molecule has 0 unspecified atom stereocenters. The maximum Gasteiger partial charge on any atom is 0.162 e. The maximum absolute atomic E-state index is 5.47. The molecule has 1 aliphatic rings. The van der Waals surface area contributed by atoms with Crippen molar-refractivity contribution in [1.82, 2.24) is 0 Å². The molecule has 1 aliphatic heterocycles. The zero-order valence-corrected chi connectivity index (χ0v) is 11.6. The molecule has 1 saturated heterocycles. The van der Waals surface area contributed by atoms with Gasteiger partial charge >= 0.3 is 0 Å². The largest absolute Gasteiger partial charge is 0.496 e. The van der Waals surface area contributed by atoms with Crippen LogP contribution in [0.3, 0.4) is 0 Å². The van der Waals surface area contributed by atoms with Crippen molar-refractivity contribution in [3.05, 3.63) is 36.4 Å². The van der Waals surface area contributed by atoms with Crippen molar-refractivity contribution in [3.63, 3.8) is 0 Å². The Hall–Kier alpha value is -1.15. The lowest BCUT2D eigenvalue weighted by atomic mass is 10.1. The van der Waals surface area contributed by atoms with E-state index in [-0.39, 0.29) is 0 Å². The zero-order chi connectivity index (χ0) is 12.4. The van der Waals surface area contributed by atoms with Gasteiger partial charge in [-0.3, -0.25) is 0 Å². The van der Waals surface area contributed by atoms with Gasteiger partial charge in [0.05, 0.1) is 7.11 Å². The third kappa shape index (κ3) is 2.10. The summed E-state index contributed by atoms with van der Waals surface area (Å²) in [6, 6.07) is 13.1. The summed E-state index contributed by atoms with van der Waals surface area (Å²) in [5.74, 6) is 3.74. The van der Waals surface area contributed by atoms with Crippen LogP contribution in [0.5, 0.6) is 5.75 Å². The number of rotatable bonds is 2. The zero-order valence-electron chi connectivity index (χ0n) is 10.8. The van der Waals surface area contributed by atoms with Gasteiger partial charge in [-0.05, 0) is 37.5 Å². The first-order valence-corrected chi connectivity index (χ1v) is 8.19. The predicted octanol–water partition coefficient (Wildman–Crippen LogP) is 4.01. The SMILES string of the molecule is COc1ccc([S+]2CCCCC2)c2ccccc12. The van der Waals surface area contributed by atoms with Crippen LogP contribution in [0.1, 0.15) is 19.3 Å². The van der Waals surface area contributed by atoms with E-state index >= 15 is 0 Å². The average Bonchev–Trinajstić information content (AvgIpc) is 2.47. The summed E-state index contributed by atoms with van der Waals surface area (Å²) in [4.78, 5) is 1.55. The number of fused-ring (bicyclic) bond motifs is 1. The molecular formula is C16H19OS+. The number of ether oxygens (including phenoxy) is 1. The van der Waals surface area contributed by atoms with E-state index in [1.54, 1.807) is 12.0 Å². The average molecular weight is 259 g/mol. The minimum atomic E-state index is 0.452. The van der Waals surface area contributed by atoms with Crippen LogP contribution in [0.4, 0.5) is 0 Å². The molecule has 3 rings (SSSR count). The number of hydrogen-bond acceptors (Lipinski definition) is 1. The molecule has 0 radical (unpaired) electrons. The molecule has 1 fully saturated rings. The van der Waals surface area contributed by atoms with Crippen molar-refractivity contribution in [2.24, 2.45) is 0 Å². The first-order chi connectivity index (χ1) is 8.90. The van der Waals surface area contributed by atoms with E-state index in [1.807, 2.05) is 0 Å². The van der Waals surface area contributed by atoms with Crippen LogP contribution in [0.2, 0.25) is 0 Å². The van der Waals surface area contributed by atoms with Gasteiger partial charge in [0, 0.05) is 21.7 Å². The quantitative estimate of drug-likeness (QED) is 0.740. The molecule has 0 atom stereocenters. The summed E-state index contributed by atoms with van der Waals surface area (Å²) in [5, 5.41) is 2.65. The summed E-state index contributed by atoms with van der Waals surface area (Å²) in [7, 11) is 2.21. The van der Waals surface area contributed by atoms with Gasteiger partial charge in [0.2, 0.25) is 0 Å². The van der Waals surface area contributed by atoms with Gasteiger partial charge in [0.15, 0.2) is 4.90 Å². The lowest BCUT2D eigenvalue weighted by molar-refractivity contribution is 0.419. The molecule has 18 heavy (non-hydrogen) atoms. The van der Waals surface area contributed by atoms with Crippen molar-refractivity contribution in [3.8, 4) is 5.75 Å². The van der Waals surface area contributed by atoms with Crippen molar-refractivity contribution >= 4 is 21.7 Å². The molecule has 2 heteroatoms. The van der Waals surface area contributed by atoms with Gasteiger partial charge in [0.1, 0.15) is 17.3 Å². The minimum Gasteiger partial charge on any atom is -0.496 e. The van der Waals surface area contributed by atoms with Crippen LogP contribution in [0.25, 0.3) is 10.8 Å². The highest BCUT2D eigenvalue weighted by Gasteiger charge is 2.27. The fourth-order valence-electron chi connectivity index (χ4n) is 2.72. The van der Waals surface area contributed by atoms with Crippen LogP contribution in [-0.2, 0) is 10.9 Å². The Balaban J connectivity index is 2.12. The molecule has 1 nitrogen and oxygen atoms in total. The summed E-state index contributed by atoms with van der Waals surface area (Å²) < 4.78 is 5.47. The Kier molecular flexibility index (Phi) is 3.46. The molecule has 0 aliphatic carbocycles. The molecular weight excluding hydrogens is 240 g/mol. The van der Waals surface area contributed by atoms with E-state index in [1.165, 1.54) is 41.5 Å². The van der Waals surface area contributed by atoms with E-state index < -0.39 is 0 Å². The molecule has 0 N–H and O–H groups in total. The molecule has 2 aromatic rings. The van der Waals surface area contributed by atoms with E-state index in [9.17, 15) is 0 Å². The fraction of sp³-hybridized carbons (Fsp3) is 0.375. The Morgan fingerprint density at radius 2 is 1.61 bits per heavy atom. The Labute approximate surface area is 112 Å². The van der Waals surface area contributed by atoms with Crippen molar-refractivity contribution in [1.29, 1.82) is 0 Å². The third-order valence-corrected chi connectivity index (χ3v) is 6.20. The minimum absolute atomic E-state index is 0.452. The molecule has 0 amide bonds. The lowest BCUT2D eigenvalue weighted by Gasteiger charge is -2.15. The van der Waals surface area contributed by atoms with Gasteiger partial charge in [-0.1, -0.05) is 18.2 Å². The Bertz CT molecular complexity index is 544. The molecule has 1 heterocycles. The van der Waals surface area contributed by atoms with Crippen LogP contribution < -0.4 is 4.74 Å². The van der Waals surface area contributed by atoms with Crippen molar-refractivity contribution in [2.45, 2.75) is 24.2 Å². The van der Waals surface area contributed by atoms with E-state index in [4.69, 9.17) is 4.74 Å². The van der Waals surface area contributed by atoms with Gasteiger partial charge in [-0.15, -0.1) is 0 Å². The van der Waals surface area contributed by atoms with Crippen LogP contribution in [0, 0.1) is 0 Å². The highest BCUT2D eigenvalue weighted by Crippen LogP contribution is 2.33. The second-order valence-corrected chi connectivity index (χ2v) is 7.02. The predicted molar refractivity (Wildman–Crippen MR) is 79.7 cm³/mol. The lowest BCUT2D eigenvalue weighted by Crippen LogP contribution is -2.17. The normalized spacial score (nSPS) is 16.9. The fourth-order valence-corrected chi connectivity index (χ4v) is 5.22. The maximum atomic E-state index is 5.47. The van der Waals surface area contributed by atoms with Crippen LogP contribution >= 0.6 is 0 Å². The van der Waals surface area contributed by atoms with Crippen molar-refractivity contribution in [2.75, 3.05) is 18.6 Å². The summed E-state index contributed by atoms with van der Waals surface area (Å²) in [6.07, 6.45) is 4.20. The molecule has 0 saturated carbocycles. The van der Waals surface area contributed by atoms with E-state index in [2.05, 4.69) is 36.4 Å². The molecule has 2 aromatic carbocycles. The van der Waals surface area contributed by atoms with Gasteiger partial charge in [-0.2, -0.15) is 0 Å². The number of hydrogen-bond donors (Lipinski definition) is 0. The smallest absolute Gasteiger partial charge is 0.162 e. The monoisotopic (exact) mass is 259 g/mol. The summed E-state index contributed by atoms with van der Waals surface area (Å²) in [6.45, 7) is 0. The highest BCUT2D eigenvalue weighted by molar-refractivity contribution is 7.97. The molecule has 0 bridgehead atoms. The molecule has 94 valence electrons. The van der Waals surface area contributed by atoms with E-state index in [0.717, 1.165) is 5.75 Å². The standard InChI is InChI=1S/C16H19OS/c1-17-15-9-10-16(18-11-5-2-6-12-18)14-8-4-3-7-13(14)15/h3-4,7-10H,2,5-6,11-12H2,1H3/q+1. The summed E-state index contributed by atoms with van der Waals surface area (Å²) in [5.41, 5.74) is 0. The molecule has 0 aromatic heterocycles. The van der Waals surface area contributed by atoms with Gasteiger partial charge in [-0.25, -0.2) is 0 Å². The topological polar surface area (TPSA) is 9.23 Å². The second-order valence-electron chi connectivity index (χ2n) is 4.77. The Morgan fingerprint density at radius 3 is 2.33 bits per heavy atom. The second kappa shape index (κ2) is 5.23. The van der Waals surface area contributed by atoms with Crippen LogP contribution in [0.15, 0.2) is 41.3 Å². The van der Waals surface area contributed by atoms with Gasteiger partial charge in [0.25, 0.3) is 0 Å². The van der Waals surface area contributed by atoms with E-state index in [0.29, 0.717) is 10.9 Å². The third-order valence-electron chi connectivity index (χ3n) is 3.66. The number of methoxy groups -OCH3 is 1. The van der Waals surface area contributed by atoms with Crippen molar-refractivity contribution < 1.29 is 4.74 Å². The highest BCUT2D eigenvalue weighted by atomic mass is 32.2.